The van der Waals surface area contributed by atoms with Gasteiger partial charge in [-0.15, -0.1) is 0 Å². The van der Waals surface area contributed by atoms with Crippen molar-refractivity contribution in [1.82, 2.24) is 24.4 Å². The smallest absolute Gasteiger partial charge is 0.309 e. The molecule has 0 atom stereocenters. The van der Waals surface area contributed by atoms with Crippen LogP contribution in [0, 0.1) is 12.8 Å². The lowest BCUT2D eigenvalue weighted by Gasteiger charge is -2.38. The first-order valence-electron chi connectivity index (χ1n) is 18.2. The van der Waals surface area contributed by atoms with E-state index in [1.165, 1.54) is 0 Å². The fraction of sp³-hybridized carbons (Fsp3) is 0.390. The summed E-state index contributed by atoms with van der Waals surface area (Å²) in [5, 5.41) is 17.3. The largest absolute Gasteiger partial charge is 0.460 e. The molecule has 7 rings (SSSR count). The number of aliphatic hydroxyl groups excluding tert-OH is 1. The summed E-state index contributed by atoms with van der Waals surface area (Å²) in [6, 6.07) is 15.7. The van der Waals surface area contributed by atoms with Gasteiger partial charge in [0.15, 0.2) is 11.6 Å². The van der Waals surface area contributed by atoms with Crippen molar-refractivity contribution in [1.29, 1.82) is 0 Å². The first kappa shape index (κ1) is 36.5. The number of anilines is 3. The van der Waals surface area contributed by atoms with Crippen LogP contribution < -0.4 is 10.6 Å². The molecule has 0 bridgehead atoms. The number of amides is 1. The number of benzene rings is 2. The highest BCUT2D eigenvalue weighted by Gasteiger charge is 2.35. The number of carbonyl (C=O) groups is 2. The van der Waals surface area contributed by atoms with Gasteiger partial charge in [-0.2, -0.15) is 0 Å². The number of hydrogen-bond donors (Lipinski definition) is 3. The summed E-state index contributed by atoms with van der Waals surface area (Å²) < 4.78 is 7.55. The second kappa shape index (κ2) is 14.9. The lowest BCUT2D eigenvalue weighted by molar-refractivity contribution is -0.161. The van der Waals surface area contributed by atoms with E-state index >= 15 is 0 Å². The molecule has 12 heteroatoms. The number of fused-ring (bicyclic) bond motifs is 2. The van der Waals surface area contributed by atoms with E-state index in [4.69, 9.17) is 21.3 Å². The minimum absolute atomic E-state index is 0.0435. The quantitative estimate of drug-likeness (QED) is 0.137. The maximum absolute atomic E-state index is 13.8. The molecule has 3 aromatic heterocycles. The van der Waals surface area contributed by atoms with Crippen LogP contribution in [0.15, 0.2) is 60.9 Å². The molecule has 2 aliphatic rings. The number of rotatable bonds is 8. The Bertz CT molecular complexity index is 2190. The fourth-order valence-electron chi connectivity index (χ4n) is 7.61. The molecule has 1 fully saturated rings. The lowest BCUT2D eigenvalue weighted by atomic mass is 9.84. The number of aromatic nitrogens is 4. The Morgan fingerprint density at radius 3 is 2.49 bits per heavy atom. The van der Waals surface area contributed by atoms with Gasteiger partial charge in [-0.05, 0) is 94.3 Å². The van der Waals surface area contributed by atoms with Gasteiger partial charge in [0.1, 0.15) is 11.1 Å². The summed E-state index contributed by atoms with van der Waals surface area (Å²) in [5.74, 6) is 0.492. The number of halogens is 1. The number of aliphatic hydroxyl groups is 1. The molecule has 5 aromatic rings. The predicted octanol–water partition coefficient (Wildman–Crippen LogP) is 7.74. The van der Waals surface area contributed by atoms with Gasteiger partial charge >= 0.3 is 5.97 Å². The van der Waals surface area contributed by atoms with Crippen LogP contribution in [0.25, 0.3) is 22.0 Å². The molecule has 1 amide bonds. The fourth-order valence-corrected chi connectivity index (χ4v) is 7.89. The SMILES string of the molecule is Cc1c(Nc2nccc3cc(CO)cnc23)cccc1-c1cccc(NC(=O)c2nc3c(n2C)CCN(C2CCC(C(=O)OC(C)(C)C)CC2)C3)c1Cl. The van der Waals surface area contributed by atoms with Gasteiger partial charge in [-0.1, -0.05) is 35.9 Å². The normalized spacial score (nSPS) is 17.7. The van der Waals surface area contributed by atoms with Crippen molar-refractivity contribution in [3.63, 3.8) is 0 Å². The van der Waals surface area contributed by atoms with Gasteiger partial charge in [0.05, 0.1) is 28.9 Å². The molecule has 11 nitrogen and oxygen atoms in total. The number of carbonyl (C=O) groups excluding carboxylic acids is 2. The monoisotopic (exact) mass is 735 g/mol. The summed E-state index contributed by atoms with van der Waals surface area (Å²) in [4.78, 5) is 42.8. The third-order valence-corrected chi connectivity index (χ3v) is 10.8. The zero-order valence-corrected chi connectivity index (χ0v) is 31.6. The molecular formula is C41H46ClN7O4. The summed E-state index contributed by atoms with van der Waals surface area (Å²) in [5.41, 5.74) is 6.90. The van der Waals surface area contributed by atoms with Gasteiger partial charge in [0.2, 0.25) is 0 Å². The number of ether oxygens (including phenoxy) is 1. The summed E-state index contributed by atoms with van der Waals surface area (Å²) in [6.45, 7) is 9.22. The van der Waals surface area contributed by atoms with Crippen molar-refractivity contribution in [3.8, 4) is 11.1 Å². The first-order chi connectivity index (χ1) is 25.4. The van der Waals surface area contributed by atoms with Crippen molar-refractivity contribution in [2.24, 2.45) is 13.0 Å². The third kappa shape index (κ3) is 7.65. The van der Waals surface area contributed by atoms with E-state index in [0.717, 1.165) is 83.4 Å². The van der Waals surface area contributed by atoms with Crippen LogP contribution in [0.4, 0.5) is 17.2 Å². The highest BCUT2D eigenvalue weighted by molar-refractivity contribution is 6.36. The molecule has 0 radical (unpaired) electrons. The molecule has 1 aliphatic heterocycles. The van der Waals surface area contributed by atoms with E-state index < -0.39 is 5.60 Å². The third-order valence-electron chi connectivity index (χ3n) is 10.4. The van der Waals surface area contributed by atoms with Gasteiger partial charge in [-0.3, -0.25) is 19.5 Å². The summed E-state index contributed by atoms with van der Waals surface area (Å²) in [6.07, 6.45) is 7.69. The van der Waals surface area contributed by atoms with Gasteiger partial charge in [-0.25, -0.2) is 9.97 Å². The van der Waals surface area contributed by atoms with E-state index in [-0.39, 0.29) is 24.4 Å². The molecular weight excluding hydrogens is 690 g/mol. The Hall–Kier alpha value is -4.84. The Kier molecular flexibility index (Phi) is 10.3. The second-order valence-electron chi connectivity index (χ2n) is 15.1. The van der Waals surface area contributed by atoms with E-state index in [2.05, 4.69) is 25.5 Å². The van der Waals surface area contributed by atoms with Crippen LogP contribution in [-0.2, 0) is 36.2 Å². The van der Waals surface area contributed by atoms with Crippen LogP contribution in [0.1, 0.15) is 79.6 Å². The van der Waals surface area contributed by atoms with Crippen molar-refractivity contribution < 1.29 is 19.4 Å². The molecule has 276 valence electrons. The van der Waals surface area contributed by atoms with Crippen LogP contribution in [0.3, 0.4) is 0 Å². The molecule has 0 spiro atoms. The van der Waals surface area contributed by atoms with Crippen LogP contribution >= 0.6 is 11.6 Å². The number of hydrogen-bond acceptors (Lipinski definition) is 9. The zero-order chi connectivity index (χ0) is 37.4. The van der Waals surface area contributed by atoms with E-state index in [1.54, 1.807) is 18.5 Å². The average Bonchev–Trinajstić information content (AvgIpc) is 3.48. The van der Waals surface area contributed by atoms with Gasteiger partial charge in [0.25, 0.3) is 5.91 Å². The maximum Gasteiger partial charge on any atom is 0.309 e. The van der Waals surface area contributed by atoms with Crippen molar-refractivity contribution in [3.05, 3.63) is 94.3 Å². The Morgan fingerprint density at radius 2 is 1.75 bits per heavy atom. The van der Waals surface area contributed by atoms with E-state index in [9.17, 15) is 14.7 Å². The Morgan fingerprint density at radius 1 is 1.02 bits per heavy atom. The van der Waals surface area contributed by atoms with Gasteiger partial charge < -0.3 is 25.0 Å². The number of imidazole rings is 1. The van der Waals surface area contributed by atoms with E-state index in [0.29, 0.717) is 40.5 Å². The molecule has 2 aromatic carbocycles. The van der Waals surface area contributed by atoms with Crippen LogP contribution in [0.5, 0.6) is 0 Å². The topological polar surface area (TPSA) is 134 Å². The van der Waals surface area contributed by atoms with Crippen molar-refractivity contribution in [2.75, 3.05) is 17.2 Å². The average molecular weight is 736 g/mol. The minimum atomic E-state index is -0.472. The molecule has 0 unspecified atom stereocenters. The molecule has 3 N–H and O–H groups in total. The molecule has 1 aliphatic carbocycles. The summed E-state index contributed by atoms with van der Waals surface area (Å²) in [7, 11) is 1.90. The van der Waals surface area contributed by atoms with Crippen molar-refractivity contribution >= 4 is 51.6 Å². The number of nitrogens with zero attached hydrogens (tertiary/aromatic N) is 5. The standard InChI is InChI=1S/C41H46ClN7O4/c1-24-29(8-6-10-31(24)45-37-36-27(16-18-43-37)20-25(23-50)21-44-36)30-9-7-11-32(35(30)42)47-39(51)38-46-33-22-49(19-17-34(33)48(38)5)28-14-12-26(13-15-28)40(52)53-41(2,3)4/h6-11,16,18,20-21,26,28,50H,12-15,17,19,22-23H2,1-5H3,(H,43,45)(H,47,51). The molecule has 0 saturated heterocycles. The predicted molar refractivity (Wildman–Crippen MR) is 207 cm³/mol. The number of esters is 1. The van der Waals surface area contributed by atoms with Crippen molar-refractivity contribution in [2.45, 2.75) is 84.6 Å². The maximum atomic E-state index is 13.8. The van der Waals surface area contributed by atoms with Crippen LogP contribution in [0.2, 0.25) is 5.02 Å². The highest BCUT2D eigenvalue weighted by atomic mass is 35.5. The Balaban J connectivity index is 1.05. The zero-order valence-electron chi connectivity index (χ0n) is 30.9. The lowest BCUT2D eigenvalue weighted by Crippen LogP contribution is -2.42. The molecule has 4 heterocycles. The van der Waals surface area contributed by atoms with Crippen LogP contribution in [-0.4, -0.2) is 59.6 Å². The number of nitrogens with one attached hydrogen (secondary N) is 2. The number of pyridine rings is 2. The molecule has 53 heavy (non-hydrogen) atoms. The first-order valence-corrected chi connectivity index (χ1v) is 18.6. The summed E-state index contributed by atoms with van der Waals surface area (Å²) >= 11 is 7.03. The molecule has 1 saturated carbocycles. The van der Waals surface area contributed by atoms with Gasteiger partial charge in [0, 0.05) is 67.3 Å². The minimum Gasteiger partial charge on any atom is -0.460 e. The second-order valence-corrected chi connectivity index (χ2v) is 15.5. The Labute approximate surface area is 314 Å². The van der Waals surface area contributed by atoms with E-state index in [1.807, 2.05) is 81.8 Å². The highest BCUT2D eigenvalue weighted by Crippen LogP contribution is 2.39.